The van der Waals surface area contributed by atoms with Gasteiger partial charge in [0.2, 0.25) is 27.7 Å². The molecular weight excluding hydrogens is 528 g/mol. The van der Waals surface area contributed by atoms with Crippen LogP contribution in [-0.2, 0) is 34.0 Å². The van der Waals surface area contributed by atoms with Crippen LogP contribution >= 0.6 is 11.3 Å². The van der Waals surface area contributed by atoms with E-state index in [0.29, 0.717) is 0 Å². The quantitative estimate of drug-likeness (QED) is 0.293. The maximum atomic E-state index is 12.9. The van der Waals surface area contributed by atoms with Gasteiger partial charge in [-0.2, -0.15) is 0 Å². The summed E-state index contributed by atoms with van der Waals surface area (Å²) in [7, 11) is -3.87. The molecule has 1 saturated carbocycles. The molecule has 3 aliphatic rings. The molecule has 202 valence electrons. The molecule has 2 aliphatic heterocycles. The van der Waals surface area contributed by atoms with Crippen LogP contribution in [0.2, 0.25) is 0 Å². The van der Waals surface area contributed by atoms with Gasteiger partial charge in [0.05, 0.1) is 0 Å². The molecule has 4 N–H and O–H groups in total. The number of nitrogens with zero attached hydrogens (tertiary/aromatic N) is 2. The second-order valence-electron chi connectivity index (χ2n) is 9.50. The molecule has 2 saturated heterocycles. The zero-order valence-corrected chi connectivity index (χ0v) is 21.4. The second kappa shape index (κ2) is 10.8. The smallest absolute Gasteiger partial charge is 0.326 e. The Morgan fingerprint density at radius 2 is 1.46 bits per heavy atom. The van der Waals surface area contributed by atoms with Crippen LogP contribution in [0.1, 0.15) is 38.5 Å². The number of hydrogen-bond donors (Lipinski definition) is 4. The minimum absolute atomic E-state index is 0.0104. The van der Waals surface area contributed by atoms with Crippen molar-refractivity contribution in [3.63, 3.8) is 0 Å². The number of aliphatic carboxylic acids is 2. The third-order valence-electron chi connectivity index (χ3n) is 6.74. The highest BCUT2D eigenvalue weighted by molar-refractivity contribution is 7.91. The van der Waals surface area contributed by atoms with Gasteiger partial charge in [-0.25, -0.2) is 22.7 Å². The summed E-state index contributed by atoms with van der Waals surface area (Å²) >= 11 is 1.01. The molecular formula is C22H28N4O9S2. The van der Waals surface area contributed by atoms with Crippen molar-refractivity contribution in [2.75, 3.05) is 13.1 Å². The van der Waals surface area contributed by atoms with Crippen molar-refractivity contribution in [3.8, 4) is 0 Å². The van der Waals surface area contributed by atoms with Gasteiger partial charge in [0.25, 0.3) is 0 Å². The van der Waals surface area contributed by atoms with E-state index in [1.807, 2.05) is 0 Å². The van der Waals surface area contributed by atoms with Crippen LogP contribution in [-0.4, -0.2) is 95.3 Å². The number of nitrogens with one attached hydrogen (secondary N) is 2. The number of rotatable bonds is 10. The Morgan fingerprint density at radius 3 is 1.95 bits per heavy atom. The van der Waals surface area contributed by atoms with Crippen LogP contribution in [0.4, 0.5) is 0 Å². The Kier molecular flexibility index (Phi) is 7.85. The molecule has 3 amide bonds. The van der Waals surface area contributed by atoms with Crippen LogP contribution in [0.15, 0.2) is 21.7 Å². The molecule has 4 rings (SSSR count). The van der Waals surface area contributed by atoms with Gasteiger partial charge in [-0.3, -0.25) is 14.4 Å². The Hall–Kier alpha value is -3.04. The Balaban J connectivity index is 1.34. The molecule has 0 unspecified atom stereocenters. The lowest BCUT2D eigenvalue weighted by atomic mass is 10.1. The van der Waals surface area contributed by atoms with Gasteiger partial charge >= 0.3 is 11.9 Å². The van der Waals surface area contributed by atoms with E-state index in [4.69, 9.17) is 0 Å². The van der Waals surface area contributed by atoms with E-state index in [1.165, 1.54) is 6.07 Å². The fraction of sp³-hybridized carbons (Fsp3) is 0.591. The van der Waals surface area contributed by atoms with E-state index in [2.05, 4.69) is 10.0 Å². The number of carboxylic acids is 2. The molecule has 0 spiro atoms. The fourth-order valence-electron chi connectivity index (χ4n) is 4.74. The Morgan fingerprint density at radius 1 is 0.919 bits per heavy atom. The van der Waals surface area contributed by atoms with Crippen molar-refractivity contribution in [1.82, 2.24) is 19.8 Å². The highest BCUT2D eigenvalue weighted by Gasteiger charge is 2.43. The van der Waals surface area contributed by atoms with Crippen LogP contribution < -0.4 is 10.0 Å². The lowest BCUT2D eigenvalue weighted by Gasteiger charge is -2.24. The molecule has 1 aliphatic carbocycles. The topological polar surface area (TPSA) is 190 Å². The van der Waals surface area contributed by atoms with Gasteiger partial charge in [0, 0.05) is 50.4 Å². The highest BCUT2D eigenvalue weighted by atomic mass is 32.2. The van der Waals surface area contributed by atoms with Gasteiger partial charge in [0.15, 0.2) is 0 Å². The molecule has 4 atom stereocenters. The van der Waals surface area contributed by atoms with Gasteiger partial charge in [0.1, 0.15) is 16.3 Å². The summed E-state index contributed by atoms with van der Waals surface area (Å²) in [5.41, 5.74) is 0. The van der Waals surface area contributed by atoms with Crippen molar-refractivity contribution in [1.29, 1.82) is 0 Å². The molecule has 0 radical (unpaired) electrons. The number of carbonyl (C=O) groups excluding carboxylic acids is 3. The zero-order chi connectivity index (χ0) is 26.9. The summed E-state index contributed by atoms with van der Waals surface area (Å²) in [6, 6.07) is -0.740. The predicted molar refractivity (Wildman–Crippen MR) is 128 cm³/mol. The summed E-state index contributed by atoms with van der Waals surface area (Å²) < 4.78 is 27.5. The highest BCUT2D eigenvalue weighted by Crippen LogP contribution is 2.30. The van der Waals surface area contributed by atoms with E-state index in [-0.39, 0.29) is 54.8 Å². The first-order valence-corrected chi connectivity index (χ1v) is 14.2. The lowest BCUT2D eigenvalue weighted by Crippen LogP contribution is -2.43. The molecule has 0 bridgehead atoms. The lowest BCUT2D eigenvalue weighted by molar-refractivity contribution is -0.150. The fourth-order valence-corrected chi connectivity index (χ4v) is 6.99. The summed E-state index contributed by atoms with van der Waals surface area (Å²) in [5, 5.41) is 23.5. The minimum Gasteiger partial charge on any atom is -0.480 e. The first-order valence-electron chi connectivity index (χ1n) is 11.9. The number of carboxylic acid groups (broad SMARTS) is 2. The van der Waals surface area contributed by atoms with E-state index in [0.717, 1.165) is 34.0 Å². The standard InChI is InChI=1S/C22H28N4O9S2/c27-17(25-10-13(8-15(25)21(30)31)23-20(29)12-3-4-12)5-6-18(28)26-11-14(9-16(26)22(32)33)24-37(34,35)19-2-1-7-36-19/h1-2,7,12-16,24H,3-6,8-11H2,(H,23,29)(H,30,31)(H,32,33)/t13-,14-,15-,16-/m0/s1. The van der Waals surface area contributed by atoms with Crippen LogP contribution in [0.5, 0.6) is 0 Å². The van der Waals surface area contributed by atoms with Crippen molar-refractivity contribution in [3.05, 3.63) is 17.5 Å². The number of hydrogen-bond acceptors (Lipinski definition) is 8. The number of carbonyl (C=O) groups is 5. The van der Waals surface area contributed by atoms with E-state index in [1.54, 1.807) is 11.4 Å². The molecule has 3 heterocycles. The number of likely N-dealkylation sites (tertiary alicyclic amines) is 2. The van der Waals surface area contributed by atoms with Gasteiger partial charge < -0.3 is 25.3 Å². The maximum Gasteiger partial charge on any atom is 0.326 e. The Labute approximate surface area is 216 Å². The zero-order valence-electron chi connectivity index (χ0n) is 19.7. The second-order valence-corrected chi connectivity index (χ2v) is 12.4. The minimum atomic E-state index is -3.87. The third kappa shape index (κ3) is 6.27. The number of amides is 3. The number of sulfonamides is 1. The summed E-state index contributed by atoms with van der Waals surface area (Å²) in [6.07, 6.45) is 0.795. The first-order chi connectivity index (χ1) is 17.5. The van der Waals surface area contributed by atoms with Crippen LogP contribution in [0.3, 0.4) is 0 Å². The largest absolute Gasteiger partial charge is 0.480 e. The summed E-state index contributed by atoms with van der Waals surface area (Å²) in [5.74, 6) is -3.97. The average Bonchev–Trinajstić information content (AvgIpc) is 3.22. The van der Waals surface area contributed by atoms with Crippen molar-refractivity contribution in [2.45, 2.75) is 66.9 Å². The van der Waals surface area contributed by atoms with Crippen molar-refractivity contribution in [2.24, 2.45) is 5.92 Å². The molecule has 13 nitrogen and oxygen atoms in total. The van der Waals surface area contributed by atoms with Gasteiger partial charge in [-0.15, -0.1) is 11.3 Å². The number of thiophene rings is 1. The molecule has 37 heavy (non-hydrogen) atoms. The summed E-state index contributed by atoms with van der Waals surface area (Å²) in [6.45, 7) is -0.165. The normalized spacial score (nSPS) is 25.7. The molecule has 15 heteroatoms. The van der Waals surface area contributed by atoms with Crippen molar-refractivity contribution < 1.29 is 42.6 Å². The molecule has 3 fully saturated rings. The van der Waals surface area contributed by atoms with E-state index >= 15 is 0 Å². The van der Waals surface area contributed by atoms with E-state index < -0.39 is 57.9 Å². The van der Waals surface area contributed by atoms with Crippen LogP contribution in [0.25, 0.3) is 0 Å². The monoisotopic (exact) mass is 556 g/mol. The third-order valence-corrected chi connectivity index (χ3v) is 9.66. The summed E-state index contributed by atoms with van der Waals surface area (Å²) in [4.78, 5) is 63.3. The SMILES string of the molecule is O=C(N[C@H]1C[C@@H](C(=O)O)N(C(=O)CCC(=O)N2C[C@@H](NS(=O)(=O)c3cccs3)C[C@H]2C(=O)O)C1)C1CC1. The first kappa shape index (κ1) is 27.0. The molecule has 1 aromatic rings. The average molecular weight is 557 g/mol. The maximum absolute atomic E-state index is 12.9. The van der Waals surface area contributed by atoms with Crippen LogP contribution in [0, 0.1) is 5.92 Å². The van der Waals surface area contributed by atoms with Gasteiger partial charge in [-0.05, 0) is 30.7 Å². The Bertz CT molecular complexity index is 1180. The molecule has 0 aromatic carbocycles. The van der Waals surface area contributed by atoms with E-state index in [9.17, 15) is 42.6 Å². The van der Waals surface area contributed by atoms with Crippen molar-refractivity contribution >= 4 is 51.0 Å². The van der Waals surface area contributed by atoms with Gasteiger partial charge in [-0.1, -0.05) is 6.07 Å². The predicted octanol–water partition coefficient (Wildman–Crippen LogP) is -0.559. The molecule has 1 aromatic heterocycles.